The molecule has 4 aromatic rings. The lowest BCUT2D eigenvalue weighted by Gasteiger charge is -2.35. The molecule has 2 aromatic carbocycles. The maximum absolute atomic E-state index is 15.2. The number of hydrogen-bond acceptors (Lipinski definition) is 10. The van der Waals surface area contributed by atoms with Gasteiger partial charge in [0.15, 0.2) is 0 Å². The van der Waals surface area contributed by atoms with Gasteiger partial charge in [0, 0.05) is 5.56 Å². The lowest BCUT2D eigenvalue weighted by atomic mass is 9.75. The highest BCUT2D eigenvalue weighted by Crippen LogP contribution is 2.49. The van der Waals surface area contributed by atoms with Crippen LogP contribution in [-0.4, -0.2) is 78.8 Å². The lowest BCUT2D eigenvalue weighted by molar-refractivity contribution is -0.164. The van der Waals surface area contributed by atoms with E-state index < -0.39 is 53.4 Å². The zero-order valence-corrected chi connectivity index (χ0v) is 29.7. The molecule has 0 unspecified atom stereocenters. The largest absolute Gasteiger partial charge is 0.448 e. The fraction of sp³-hybridized carbons (Fsp3) is 0.412. The standard InChI is InChI=1S/C34H35ClF3N9O6/c1-5-51-29(49)42-28-43-33(16-31(2,3)4,22-9-6-20(7-10-22)26-40-19-53-45-26)27(48)47(28)25(15-52-30(50)44-32(12-13-32)34(36,37)38)21-8-11-23(35)24(14-21)46-18-39-17-41-46/h6-11,14,17-19,25H,5,12-13,15-16H2,1-4H3,(H,44,50)(H,42,43,49)/t25-,33-/m1/s1. The summed E-state index contributed by atoms with van der Waals surface area (Å²) >= 11 is 6.53. The van der Waals surface area contributed by atoms with E-state index in [1.165, 1.54) is 29.8 Å². The number of guanidine groups is 1. The van der Waals surface area contributed by atoms with Crippen LogP contribution in [0.2, 0.25) is 5.02 Å². The first kappa shape index (κ1) is 37.2. The highest BCUT2D eigenvalue weighted by atomic mass is 35.5. The van der Waals surface area contributed by atoms with E-state index in [1.807, 2.05) is 26.1 Å². The number of halogens is 4. The Morgan fingerprint density at radius 3 is 2.45 bits per heavy atom. The number of nitrogens with zero attached hydrogens (tertiary/aromatic N) is 7. The highest BCUT2D eigenvalue weighted by Gasteiger charge is 2.65. The van der Waals surface area contributed by atoms with Crippen LogP contribution < -0.4 is 10.6 Å². The van der Waals surface area contributed by atoms with Crippen molar-refractivity contribution in [2.75, 3.05) is 13.2 Å². The zero-order chi connectivity index (χ0) is 38.2. The molecular formula is C34H35ClF3N9O6. The Labute approximate surface area is 305 Å². The van der Waals surface area contributed by atoms with Crippen molar-refractivity contribution in [1.82, 2.24) is 40.4 Å². The van der Waals surface area contributed by atoms with Crippen molar-refractivity contribution >= 4 is 35.7 Å². The molecule has 19 heteroatoms. The molecule has 0 spiro atoms. The van der Waals surface area contributed by atoms with Gasteiger partial charge >= 0.3 is 18.4 Å². The van der Waals surface area contributed by atoms with Gasteiger partial charge in [0.1, 0.15) is 30.3 Å². The van der Waals surface area contributed by atoms with Gasteiger partial charge < -0.3 is 24.6 Å². The molecule has 2 fully saturated rings. The van der Waals surface area contributed by atoms with E-state index in [0.717, 1.165) is 4.90 Å². The van der Waals surface area contributed by atoms with Crippen LogP contribution in [0.5, 0.6) is 0 Å². The third-order valence-electron chi connectivity index (χ3n) is 8.73. The van der Waals surface area contributed by atoms with Gasteiger partial charge in [-0.3, -0.25) is 9.69 Å². The smallest absolute Gasteiger partial charge is 0.436 e. The van der Waals surface area contributed by atoms with Gasteiger partial charge in [0.2, 0.25) is 18.2 Å². The number of benzene rings is 2. The molecule has 1 aliphatic carbocycles. The Hall–Kier alpha value is -5.52. The van der Waals surface area contributed by atoms with Crippen LogP contribution in [0.4, 0.5) is 22.8 Å². The molecule has 2 atom stereocenters. The third-order valence-corrected chi connectivity index (χ3v) is 9.05. The molecule has 0 radical (unpaired) electrons. The number of carbonyl (C=O) groups is 3. The minimum absolute atomic E-state index is 0.0274. The summed E-state index contributed by atoms with van der Waals surface area (Å²) in [4.78, 5) is 54.5. The van der Waals surface area contributed by atoms with Crippen LogP contribution in [0.1, 0.15) is 64.1 Å². The Morgan fingerprint density at radius 1 is 1.13 bits per heavy atom. The molecule has 2 aromatic heterocycles. The van der Waals surface area contributed by atoms with E-state index in [2.05, 4.69) is 30.5 Å². The lowest BCUT2D eigenvalue weighted by Crippen LogP contribution is -2.49. The van der Waals surface area contributed by atoms with Crippen LogP contribution in [-0.2, 0) is 19.8 Å². The maximum Gasteiger partial charge on any atom is 0.436 e. The van der Waals surface area contributed by atoms with E-state index in [4.69, 9.17) is 25.6 Å². The number of nitrogens with one attached hydrogen (secondary N) is 2. The van der Waals surface area contributed by atoms with Crippen molar-refractivity contribution in [2.45, 2.75) is 70.3 Å². The monoisotopic (exact) mass is 757 g/mol. The Kier molecular flexibility index (Phi) is 9.93. The first-order valence-corrected chi connectivity index (χ1v) is 16.8. The molecule has 6 rings (SSSR count). The van der Waals surface area contributed by atoms with Gasteiger partial charge in [-0.1, -0.05) is 67.9 Å². The minimum Gasteiger partial charge on any atom is -0.448 e. The molecule has 280 valence electrons. The summed E-state index contributed by atoms with van der Waals surface area (Å²) in [6, 6.07) is 10.1. The summed E-state index contributed by atoms with van der Waals surface area (Å²) in [7, 11) is 0. The fourth-order valence-electron chi connectivity index (χ4n) is 6.19. The van der Waals surface area contributed by atoms with Crippen LogP contribution >= 0.6 is 11.6 Å². The van der Waals surface area contributed by atoms with Crippen molar-refractivity contribution in [3.05, 3.63) is 77.7 Å². The molecule has 3 heterocycles. The summed E-state index contributed by atoms with van der Waals surface area (Å²) in [5, 5.41) is 13.4. The normalized spacial score (nSPS) is 19.5. The van der Waals surface area contributed by atoms with Crippen molar-refractivity contribution in [2.24, 2.45) is 10.4 Å². The number of alkyl halides is 3. The van der Waals surface area contributed by atoms with Gasteiger partial charge in [-0.05, 0) is 54.9 Å². The average Bonchev–Trinajstić information content (AvgIpc) is 3.43. The van der Waals surface area contributed by atoms with Crippen molar-refractivity contribution < 1.29 is 41.6 Å². The second kappa shape index (κ2) is 14.1. The number of amides is 3. The molecule has 0 bridgehead atoms. The van der Waals surface area contributed by atoms with Crippen molar-refractivity contribution in [1.29, 1.82) is 0 Å². The van der Waals surface area contributed by atoms with Crippen LogP contribution in [0.25, 0.3) is 17.1 Å². The van der Waals surface area contributed by atoms with Crippen LogP contribution in [0.3, 0.4) is 0 Å². The maximum atomic E-state index is 15.2. The molecule has 3 amide bonds. The van der Waals surface area contributed by atoms with E-state index in [9.17, 15) is 22.8 Å². The zero-order valence-electron chi connectivity index (χ0n) is 29.0. The molecule has 15 nitrogen and oxygen atoms in total. The van der Waals surface area contributed by atoms with Gasteiger partial charge in [-0.2, -0.15) is 23.3 Å². The van der Waals surface area contributed by atoms with Crippen molar-refractivity contribution in [3.8, 4) is 17.1 Å². The first-order valence-electron chi connectivity index (χ1n) is 16.5. The quantitative estimate of drug-likeness (QED) is 0.191. The summed E-state index contributed by atoms with van der Waals surface area (Å²) in [5.41, 5.74) is -2.80. The Bertz CT molecular complexity index is 2000. The molecule has 2 N–H and O–H groups in total. The number of hydrogen-bond donors (Lipinski definition) is 2. The second-order valence-electron chi connectivity index (χ2n) is 13.8. The fourth-order valence-corrected chi connectivity index (χ4v) is 6.39. The summed E-state index contributed by atoms with van der Waals surface area (Å²) in [5.74, 6) is -0.540. The minimum atomic E-state index is -4.70. The summed E-state index contributed by atoms with van der Waals surface area (Å²) < 4.78 is 58.0. The number of rotatable bonds is 10. The first-order chi connectivity index (χ1) is 25.1. The van der Waals surface area contributed by atoms with Crippen LogP contribution in [0, 0.1) is 5.41 Å². The number of ether oxygens (including phenoxy) is 2. The van der Waals surface area contributed by atoms with Crippen LogP contribution in [0.15, 0.2) is 71.0 Å². The SMILES string of the molecule is CCOC(=O)N=C1N[C@](CC(C)(C)C)(c2ccc(-c3ncon3)cc2)C(=O)N1[C@H](COC(=O)NC1(C(F)(F)F)CC1)c1ccc(Cl)c(-n2cncn2)c1. The predicted molar refractivity (Wildman–Crippen MR) is 182 cm³/mol. The Balaban J connectivity index is 1.47. The second-order valence-corrected chi connectivity index (χ2v) is 14.2. The van der Waals surface area contributed by atoms with Gasteiger partial charge in [-0.25, -0.2) is 19.3 Å². The van der Waals surface area contributed by atoms with Gasteiger partial charge in [-0.15, -0.1) is 4.99 Å². The summed E-state index contributed by atoms with van der Waals surface area (Å²) in [6.45, 7) is 6.65. The number of aliphatic imine (C=N–C) groups is 1. The Morgan fingerprint density at radius 2 is 1.87 bits per heavy atom. The van der Waals surface area contributed by atoms with Gasteiger partial charge in [0.05, 0.1) is 23.4 Å². The van der Waals surface area contributed by atoms with Crippen molar-refractivity contribution in [3.63, 3.8) is 0 Å². The highest BCUT2D eigenvalue weighted by molar-refractivity contribution is 6.32. The van der Waals surface area contributed by atoms with Gasteiger partial charge in [0.25, 0.3) is 5.91 Å². The topological polar surface area (TPSA) is 179 Å². The molecule has 1 aliphatic heterocycles. The molecule has 1 saturated carbocycles. The average molecular weight is 758 g/mol. The molecular weight excluding hydrogens is 723 g/mol. The predicted octanol–water partition coefficient (Wildman–Crippen LogP) is 6.11. The number of aromatic nitrogens is 5. The third kappa shape index (κ3) is 7.67. The van der Waals surface area contributed by atoms with E-state index in [1.54, 1.807) is 43.3 Å². The summed E-state index contributed by atoms with van der Waals surface area (Å²) in [6.07, 6.45) is -3.67. The number of alkyl carbamates (subject to hydrolysis) is 1. The molecule has 53 heavy (non-hydrogen) atoms. The van der Waals surface area contributed by atoms with E-state index >= 15 is 4.79 Å². The van der Waals surface area contributed by atoms with E-state index in [-0.39, 0.29) is 36.9 Å². The molecule has 1 saturated heterocycles. The van der Waals surface area contributed by atoms with E-state index in [0.29, 0.717) is 28.2 Å². The molecule has 2 aliphatic rings. The number of carbonyl (C=O) groups excluding carboxylic acids is 3.